The number of rotatable bonds is 3. The fourth-order valence-electron chi connectivity index (χ4n) is 7.53. The maximum atomic E-state index is 5.54. The van der Waals surface area contributed by atoms with Crippen molar-refractivity contribution in [3.63, 3.8) is 0 Å². The number of hydrogen-bond donors (Lipinski definition) is 1. The molecule has 0 amide bonds. The third-order valence-corrected chi connectivity index (χ3v) is 9.85. The van der Waals surface area contributed by atoms with Crippen LogP contribution >= 0.6 is 0 Å². The Kier molecular flexibility index (Phi) is 5.64. The molecule has 2 aliphatic rings. The van der Waals surface area contributed by atoms with Crippen LogP contribution in [0.15, 0.2) is 151 Å². The highest BCUT2D eigenvalue weighted by Crippen LogP contribution is 2.53. The Morgan fingerprint density at radius 3 is 1.91 bits per heavy atom. The van der Waals surface area contributed by atoms with Gasteiger partial charge in [-0.25, -0.2) is 0 Å². The highest BCUT2D eigenvalue weighted by atomic mass is 15.1. The number of benzene rings is 7. The molecular formula is C43H32N2. The van der Waals surface area contributed by atoms with Crippen LogP contribution in [0, 0.1) is 0 Å². The van der Waals surface area contributed by atoms with Crippen molar-refractivity contribution >= 4 is 43.7 Å². The van der Waals surface area contributed by atoms with Gasteiger partial charge in [0.2, 0.25) is 0 Å². The first-order chi connectivity index (χ1) is 22.0. The van der Waals surface area contributed by atoms with E-state index in [1.54, 1.807) is 0 Å². The van der Waals surface area contributed by atoms with Crippen LogP contribution in [0.2, 0.25) is 0 Å². The second-order valence-corrected chi connectivity index (χ2v) is 12.8. The van der Waals surface area contributed by atoms with E-state index in [0.29, 0.717) is 0 Å². The summed E-state index contributed by atoms with van der Waals surface area (Å²) in [4.78, 5) is 5.54. The molecule has 0 fully saturated rings. The van der Waals surface area contributed by atoms with E-state index in [-0.39, 0.29) is 11.6 Å². The van der Waals surface area contributed by atoms with Gasteiger partial charge < -0.3 is 5.32 Å². The summed E-state index contributed by atoms with van der Waals surface area (Å²) in [6, 6.07) is 50.7. The highest BCUT2D eigenvalue weighted by molar-refractivity contribution is 6.15. The van der Waals surface area contributed by atoms with E-state index in [1.807, 2.05) is 0 Å². The van der Waals surface area contributed by atoms with Gasteiger partial charge >= 0.3 is 0 Å². The van der Waals surface area contributed by atoms with Gasteiger partial charge in [0.05, 0.1) is 5.71 Å². The van der Waals surface area contributed by atoms with Crippen LogP contribution in [-0.4, -0.2) is 5.71 Å². The molecule has 2 nitrogen and oxygen atoms in total. The lowest BCUT2D eigenvalue weighted by Gasteiger charge is -2.29. The smallest absolute Gasteiger partial charge is 0.146 e. The Morgan fingerprint density at radius 2 is 1.16 bits per heavy atom. The van der Waals surface area contributed by atoms with E-state index in [1.165, 1.54) is 60.1 Å². The molecule has 2 heteroatoms. The highest BCUT2D eigenvalue weighted by Gasteiger charge is 2.39. The fraction of sp³-hybridized carbons (Fsp3) is 0.0930. The van der Waals surface area contributed by atoms with E-state index in [2.05, 4.69) is 165 Å². The summed E-state index contributed by atoms with van der Waals surface area (Å²) < 4.78 is 0. The molecule has 1 atom stereocenters. The fourth-order valence-corrected chi connectivity index (χ4v) is 7.53. The number of fused-ring (bicyclic) bond motifs is 6. The number of hydrogen-bond acceptors (Lipinski definition) is 2. The number of nitrogens with one attached hydrogen (secondary N) is 1. The Hall–Kier alpha value is -5.47. The zero-order valence-corrected chi connectivity index (χ0v) is 25.4. The molecule has 0 radical (unpaired) electrons. The maximum Gasteiger partial charge on any atom is 0.146 e. The maximum absolute atomic E-state index is 5.54. The quantitative estimate of drug-likeness (QED) is 0.222. The van der Waals surface area contributed by atoms with E-state index in [0.717, 1.165) is 22.5 Å². The van der Waals surface area contributed by atoms with Gasteiger partial charge in [-0.05, 0) is 84.4 Å². The van der Waals surface area contributed by atoms with Crippen molar-refractivity contribution in [2.75, 3.05) is 0 Å². The monoisotopic (exact) mass is 576 g/mol. The molecule has 0 saturated heterocycles. The Labute approximate surface area is 263 Å². The Bertz CT molecular complexity index is 2390. The third-order valence-electron chi connectivity index (χ3n) is 9.85. The lowest BCUT2D eigenvalue weighted by molar-refractivity contribution is 0.652. The molecule has 9 rings (SSSR count). The molecule has 1 N–H and O–H groups in total. The normalized spacial score (nSPS) is 16.6. The largest absolute Gasteiger partial charge is 0.359 e. The van der Waals surface area contributed by atoms with Gasteiger partial charge in [0.1, 0.15) is 6.17 Å². The molecule has 0 bridgehead atoms. The first-order valence-corrected chi connectivity index (χ1v) is 15.7. The van der Waals surface area contributed by atoms with Crippen molar-refractivity contribution in [1.29, 1.82) is 0 Å². The number of allylic oxidation sites excluding steroid dienone is 1. The molecule has 1 unspecified atom stereocenters. The molecular weight excluding hydrogens is 544 g/mol. The van der Waals surface area contributed by atoms with Crippen molar-refractivity contribution in [2.45, 2.75) is 25.4 Å². The van der Waals surface area contributed by atoms with Crippen LogP contribution in [-0.2, 0) is 5.41 Å². The molecule has 45 heavy (non-hydrogen) atoms. The molecule has 0 aromatic heterocycles. The summed E-state index contributed by atoms with van der Waals surface area (Å²) in [6.07, 6.45) is 1.95. The van der Waals surface area contributed by atoms with E-state index < -0.39 is 0 Å². The van der Waals surface area contributed by atoms with Crippen molar-refractivity contribution in [2.24, 2.45) is 4.99 Å². The summed E-state index contributed by atoms with van der Waals surface area (Å²) >= 11 is 0. The number of nitrogens with zero attached hydrogens (tertiary/aromatic N) is 1. The van der Waals surface area contributed by atoms with Gasteiger partial charge in [0, 0.05) is 22.2 Å². The summed E-state index contributed by atoms with van der Waals surface area (Å²) in [6.45, 7) is 4.71. The van der Waals surface area contributed by atoms with Crippen molar-refractivity contribution < 1.29 is 0 Å². The zero-order chi connectivity index (χ0) is 30.1. The molecule has 214 valence electrons. The van der Waals surface area contributed by atoms with Crippen LogP contribution in [0.4, 0.5) is 0 Å². The van der Waals surface area contributed by atoms with Crippen LogP contribution in [0.3, 0.4) is 0 Å². The minimum Gasteiger partial charge on any atom is -0.359 e. The standard InChI is InChI=1S/C43H32N2/c1-43(2)36-18-10-9-17-35(36)40-37(43)25-31-15-7-8-16-34(31)41(40)42-44-38(32-21-19-27-11-3-5-13-29(27)23-32)26-39(45-42)33-22-20-28-12-4-6-14-30(28)24-33/h3-26,42,44H,1-2H3. The lowest BCUT2D eigenvalue weighted by atomic mass is 9.81. The van der Waals surface area contributed by atoms with Gasteiger partial charge in [-0.15, -0.1) is 0 Å². The van der Waals surface area contributed by atoms with Crippen molar-refractivity contribution in [3.05, 3.63) is 173 Å². The Morgan fingerprint density at radius 1 is 0.556 bits per heavy atom. The van der Waals surface area contributed by atoms with Crippen LogP contribution in [0.1, 0.15) is 47.8 Å². The zero-order valence-electron chi connectivity index (χ0n) is 25.4. The summed E-state index contributed by atoms with van der Waals surface area (Å²) in [5, 5.41) is 11.3. The van der Waals surface area contributed by atoms with Gasteiger partial charge in [-0.3, -0.25) is 4.99 Å². The summed E-state index contributed by atoms with van der Waals surface area (Å²) in [7, 11) is 0. The molecule has 1 heterocycles. The SMILES string of the molecule is CC1(C)c2ccccc2-c2c1cc1ccccc1c2C1N=C(c2ccc3ccccc3c2)C=C(c2ccc3ccccc3c2)N1. The first-order valence-electron chi connectivity index (χ1n) is 15.7. The lowest BCUT2D eigenvalue weighted by Crippen LogP contribution is -2.26. The third kappa shape index (κ3) is 4.06. The van der Waals surface area contributed by atoms with Crippen molar-refractivity contribution in [3.8, 4) is 11.1 Å². The first kappa shape index (κ1) is 26.0. The average Bonchev–Trinajstić information content (AvgIpc) is 3.32. The molecule has 7 aromatic carbocycles. The van der Waals surface area contributed by atoms with Gasteiger partial charge in [0.25, 0.3) is 0 Å². The van der Waals surface area contributed by atoms with Crippen LogP contribution in [0.5, 0.6) is 0 Å². The van der Waals surface area contributed by atoms with Gasteiger partial charge in [-0.2, -0.15) is 0 Å². The van der Waals surface area contributed by atoms with Gasteiger partial charge in [-0.1, -0.05) is 135 Å². The average molecular weight is 577 g/mol. The van der Waals surface area contributed by atoms with E-state index >= 15 is 0 Å². The van der Waals surface area contributed by atoms with E-state index in [9.17, 15) is 0 Å². The van der Waals surface area contributed by atoms with Crippen LogP contribution in [0.25, 0.3) is 49.1 Å². The molecule has 1 aliphatic heterocycles. The van der Waals surface area contributed by atoms with Crippen molar-refractivity contribution in [1.82, 2.24) is 5.32 Å². The topological polar surface area (TPSA) is 24.4 Å². The second-order valence-electron chi connectivity index (χ2n) is 12.8. The number of aliphatic imine (C=N–C) groups is 1. The molecule has 7 aromatic rings. The molecule has 0 spiro atoms. The van der Waals surface area contributed by atoms with E-state index in [4.69, 9.17) is 4.99 Å². The molecule has 0 saturated carbocycles. The summed E-state index contributed by atoms with van der Waals surface area (Å²) in [5.41, 5.74) is 10.8. The van der Waals surface area contributed by atoms with Gasteiger partial charge in [0.15, 0.2) is 0 Å². The van der Waals surface area contributed by atoms with Crippen LogP contribution < -0.4 is 5.32 Å². The minimum absolute atomic E-state index is 0.110. The second kappa shape index (κ2) is 9.77. The predicted octanol–water partition coefficient (Wildman–Crippen LogP) is 10.6. The predicted molar refractivity (Wildman–Crippen MR) is 190 cm³/mol. The molecule has 1 aliphatic carbocycles. The minimum atomic E-state index is -0.278. The summed E-state index contributed by atoms with van der Waals surface area (Å²) in [5.74, 6) is 0. The Balaban J connectivity index is 1.31.